The van der Waals surface area contributed by atoms with Crippen LogP contribution in [0.25, 0.3) is 0 Å². The fraction of sp³-hybridized carbons (Fsp3) is 0.541. The number of phenolic OH excluding ortho intramolecular Hbond substituents is 2. The third-order valence-electron chi connectivity index (χ3n) is 9.97. The Morgan fingerprint density at radius 1 is 1.02 bits per heavy atom. The molecule has 0 aromatic heterocycles. The fourth-order valence-electron chi connectivity index (χ4n) is 7.25. The molecule has 16 heteroatoms. The molecule has 1 aliphatic heterocycles. The first-order valence-corrected chi connectivity index (χ1v) is 19.1. The summed E-state index contributed by atoms with van der Waals surface area (Å²) in [5, 5.41) is 64.5. The lowest BCUT2D eigenvalue weighted by Crippen LogP contribution is -2.49. The molecule has 6 N–H and O–H groups in total. The number of rotatable bonds is 15. The second kappa shape index (κ2) is 16.1. The maximum absolute atomic E-state index is 13.9. The van der Waals surface area contributed by atoms with E-state index < -0.39 is 102 Å². The number of ether oxygens (including phenoxy) is 3. The van der Waals surface area contributed by atoms with E-state index in [1.165, 1.54) is 48.8 Å². The molecule has 1 saturated heterocycles. The van der Waals surface area contributed by atoms with Gasteiger partial charge in [0.05, 0.1) is 52.6 Å². The second-order valence-corrected chi connectivity index (χ2v) is 17.7. The Labute approximate surface area is 314 Å². The zero-order valence-electron chi connectivity index (χ0n) is 29.7. The quantitative estimate of drug-likeness (QED) is 0.0960. The van der Waals surface area contributed by atoms with Crippen LogP contribution in [0.4, 0.5) is 0 Å². The van der Waals surface area contributed by atoms with Gasteiger partial charge in [0.15, 0.2) is 17.9 Å². The van der Waals surface area contributed by atoms with Gasteiger partial charge >= 0.3 is 5.97 Å². The smallest absolute Gasteiger partial charge is 0.304 e. The molecule has 0 radical (unpaired) electrons. The lowest BCUT2D eigenvalue weighted by Gasteiger charge is -2.42. The van der Waals surface area contributed by atoms with Crippen LogP contribution in [0.2, 0.25) is 0 Å². The number of thioether (sulfide) groups is 2. The minimum Gasteiger partial charge on any atom is -0.507 e. The minimum absolute atomic E-state index is 0.0151. The van der Waals surface area contributed by atoms with Crippen molar-refractivity contribution in [2.24, 2.45) is 5.92 Å². The van der Waals surface area contributed by atoms with Crippen LogP contribution in [0.15, 0.2) is 18.2 Å². The Hall–Kier alpha value is -3.51. The molecule has 0 bridgehead atoms. The molecule has 3 aliphatic rings. The van der Waals surface area contributed by atoms with Crippen molar-refractivity contribution in [3.63, 3.8) is 0 Å². The van der Waals surface area contributed by atoms with Crippen molar-refractivity contribution in [3.8, 4) is 17.2 Å². The molecule has 2 aromatic rings. The van der Waals surface area contributed by atoms with E-state index in [-0.39, 0.29) is 63.5 Å². The van der Waals surface area contributed by atoms with Gasteiger partial charge in [-0.3, -0.25) is 24.0 Å². The van der Waals surface area contributed by atoms with E-state index in [9.17, 15) is 49.5 Å². The summed E-state index contributed by atoms with van der Waals surface area (Å²) in [5.74, 6) is -4.72. The average Bonchev–Trinajstić information content (AvgIpc) is 3.09. The van der Waals surface area contributed by atoms with Gasteiger partial charge < -0.3 is 44.8 Å². The molecule has 1 fully saturated rings. The van der Waals surface area contributed by atoms with Gasteiger partial charge in [-0.15, -0.1) is 23.5 Å². The highest BCUT2D eigenvalue weighted by molar-refractivity contribution is 8.18. The lowest BCUT2D eigenvalue weighted by atomic mass is 9.72. The standard InChI is InChI=1S/C37H44O14S2/c1-17-31(43)18(12-19(39)8-10-52-36(2,3)53-11-9-25(41)42)13-26(50-17)51-23-15-37(48,24(40)16-38)14-21-28(23)35(47)30-29(33(21)45)32(44)20-6-5-7-22(49-4)27(20)34(30)46/h5-7,17-18,23,26,31,38,43,45,47-48H,8-16H2,1-4H3,(H,41,42)/t17-,18-,23-,26-,31-,37-/m0/s1. The van der Waals surface area contributed by atoms with Crippen molar-refractivity contribution >= 4 is 52.6 Å². The van der Waals surface area contributed by atoms with Crippen molar-refractivity contribution in [2.75, 3.05) is 25.2 Å². The molecule has 0 amide bonds. The fourth-order valence-corrected chi connectivity index (χ4v) is 9.67. The zero-order chi connectivity index (χ0) is 39.0. The van der Waals surface area contributed by atoms with E-state index >= 15 is 0 Å². The number of aliphatic carboxylic acids is 1. The Kier molecular flexibility index (Phi) is 12.3. The molecular formula is C37H44O14S2. The number of hydrogen-bond donors (Lipinski definition) is 6. The van der Waals surface area contributed by atoms with Crippen molar-refractivity contribution in [1.82, 2.24) is 0 Å². The first-order chi connectivity index (χ1) is 24.9. The highest BCUT2D eigenvalue weighted by Gasteiger charge is 2.50. The minimum atomic E-state index is -2.32. The molecule has 6 atom stereocenters. The van der Waals surface area contributed by atoms with Gasteiger partial charge in [0, 0.05) is 60.3 Å². The summed E-state index contributed by atoms with van der Waals surface area (Å²) >= 11 is 3.01. The zero-order valence-corrected chi connectivity index (χ0v) is 31.4. The van der Waals surface area contributed by atoms with Gasteiger partial charge in [0.2, 0.25) is 5.78 Å². The molecule has 5 rings (SSSR count). The van der Waals surface area contributed by atoms with Gasteiger partial charge in [-0.05, 0) is 32.8 Å². The molecule has 288 valence electrons. The summed E-state index contributed by atoms with van der Waals surface area (Å²) in [6.07, 6.45) is -5.44. The molecule has 53 heavy (non-hydrogen) atoms. The van der Waals surface area contributed by atoms with E-state index in [0.29, 0.717) is 11.5 Å². The van der Waals surface area contributed by atoms with Crippen LogP contribution in [0, 0.1) is 5.92 Å². The molecule has 0 saturated carbocycles. The van der Waals surface area contributed by atoms with Gasteiger partial charge in [-0.1, -0.05) is 12.1 Å². The van der Waals surface area contributed by atoms with E-state index in [4.69, 9.17) is 19.3 Å². The number of carbonyl (C=O) groups excluding carboxylic acids is 4. The number of phenols is 2. The normalized spacial score (nSPS) is 25.3. The number of carbonyl (C=O) groups is 5. The summed E-state index contributed by atoms with van der Waals surface area (Å²) in [7, 11) is 1.31. The first-order valence-electron chi connectivity index (χ1n) is 17.2. The predicted molar refractivity (Wildman–Crippen MR) is 193 cm³/mol. The number of aliphatic hydroxyl groups excluding tert-OH is 2. The van der Waals surface area contributed by atoms with E-state index in [0.717, 1.165) is 0 Å². The Morgan fingerprint density at radius 2 is 1.68 bits per heavy atom. The number of aliphatic hydroxyl groups is 3. The third-order valence-corrected chi connectivity index (χ3v) is 12.9. The molecule has 0 unspecified atom stereocenters. The molecule has 2 aliphatic carbocycles. The van der Waals surface area contributed by atoms with Gasteiger partial charge in [-0.2, -0.15) is 0 Å². The van der Waals surface area contributed by atoms with Crippen LogP contribution < -0.4 is 4.74 Å². The average molecular weight is 777 g/mol. The van der Waals surface area contributed by atoms with E-state index in [1.807, 2.05) is 13.8 Å². The highest BCUT2D eigenvalue weighted by atomic mass is 32.2. The van der Waals surface area contributed by atoms with Crippen LogP contribution in [0.1, 0.15) is 102 Å². The first kappa shape index (κ1) is 40.7. The Balaban J connectivity index is 1.41. The van der Waals surface area contributed by atoms with Crippen LogP contribution in [-0.2, 0) is 30.3 Å². The predicted octanol–water partition coefficient (Wildman–Crippen LogP) is 3.32. The topological polar surface area (TPSA) is 234 Å². The van der Waals surface area contributed by atoms with Crippen molar-refractivity contribution in [2.45, 2.75) is 93.6 Å². The Morgan fingerprint density at radius 3 is 2.32 bits per heavy atom. The highest BCUT2D eigenvalue weighted by Crippen LogP contribution is 2.53. The number of hydrogen-bond acceptors (Lipinski definition) is 15. The number of carboxylic acid groups (broad SMARTS) is 1. The number of ketones is 4. The number of carboxylic acids is 1. The molecule has 2 aromatic carbocycles. The van der Waals surface area contributed by atoms with Gasteiger partial charge in [0.25, 0.3) is 0 Å². The maximum Gasteiger partial charge on any atom is 0.304 e. The molecule has 14 nitrogen and oxygen atoms in total. The lowest BCUT2D eigenvalue weighted by molar-refractivity contribution is -0.257. The summed E-state index contributed by atoms with van der Waals surface area (Å²) in [4.78, 5) is 64.5. The third kappa shape index (κ3) is 8.28. The van der Waals surface area contributed by atoms with Crippen LogP contribution >= 0.6 is 23.5 Å². The number of methoxy groups -OCH3 is 1. The SMILES string of the molecule is COc1cccc2c1C(=O)c1c(O)c3c(c(O)c1C2=O)C[C@@](O)(C(=O)CO)C[C@@H]3O[C@H]1C[C@H](CC(=O)CCSC(C)(C)SCCC(=O)O)[C@@H](O)[C@H](C)O1. The summed E-state index contributed by atoms with van der Waals surface area (Å²) in [5.41, 5.74) is -3.93. The largest absolute Gasteiger partial charge is 0.507 e. The van der Waals surface area contributed by atoms with Crippen LogP contribution in [0.5, 0.6) is 17.2 Å². The number of fused-ring (bicyclic) bond motifs is 3. The number of Topliss-reactive ketones (excluding diaryl/α,β-unsaturated/α-hetero) is 2. The second-order valence-electron chi connectivity index (χ2n) is 14.0. The molecule has 1 heterocycles. The van der Waals surface area contributed by atoms with Crippen molar-refractivity contribution in [1.29, 1.82) is 0 Å². The van der Waals surface area contributed by atoms with E-state index in [1.54, 1.807) is 6.92 Å². The van der Waals surface area contributed by atoms with Crippen LogP contribution in [-0.4, -0.2) is 113 Å². The van der Waals surface area contributed by atoms with Gasteiger partial charge in [0.1, 0.15) is 35.2 Å². The summed E-state index contributed by atoms with van der Waals surface area (Å²) in [6, 6.07) is 4.33. The van der Waals surface area contributed by atoms with Crippen molar-refractivity contribution < 1.29 is 68.8 Å². The summed E-state index contributed by atoms with van der Waals surface area (Å²) < 4.78 is 17.2. The summed E-state index contributed by atoms with van der Waals surface area (Å²) in [6.45, 7) is 4.43. The molecule has 0 spiro atoms. The van der Waals surface area contributed by atoms with E-state index in [2.05, 4.69) is 0 Å². The molecular weight excluding hydrogens is 733 g/mol. The van der Waals surface area contributed by atoms with Gasteiger partial charge in [-0.25, -0.2) is 0 Å². The number of benzene rings is 2. The maximum atomic E-state index is 13.9. The van der Waals surface area contributed by atoms with Crippen LogP contribution in [0.3, 0.4) is 0 Å². The monoisotopic (exact) mass is 776 g/mol. The Bertz CT molecular complexity index is 1810. The number of aromatic hydroxyl groups is 2. The van der Waals surface area contributed by atoms with Crippen molar-refractivity contribution in [3.05, 3.63) is 51.6 Å².